The lowest BCUT2D eigenvalue weighted by atomic mass is 10.1. The molecule has 8 heteroatoms. The molecule has 0 spiro atoms. The van der Waals surface area contributed by atoms with Crippen LogP contribution in [0.25, 0.3) is 6.08 Å². The maximum absolute atomic E-state index is 12.6. The molecule has 7 nitrogen and oxygen atoms in total. The molecule has 3 aromatic carbocycles. The van der Waals surface area contributed by atoms with E-state index in [0.717, 1.165) is 16.7 Å². The lowest BCUT2D eigenvalue weighted by Crippen LogP contribution is -2.13. The van der Waals surface area contributed by atoms with Gasteiger partial charge in [-0.3, -0.25) is 9.52 Å². The highest BCUT2D eigenvalue weighted by atomic mass is 32.2. The SMILES string of the molecule is Cc1ccc(S(=O)(=O)Nc2cccc(/C=C/C(O)CCOc3ccccc3CCC(=O)O)c2)cc1. The van der Waals surface area contributed by atoms with Crippen molar-refractivity contribution in [3.63, 3.8) is 0 Å². The van der Waals surface area contributed by atoms with E-state index in [1.165, 1.54) is 0 Å². The summed E-state index contributed by atoms with van der Waals surface area (Å²) in [5.41, 5.74) is 2.93. The highest BCUT2D eigenvalue weighted by Crippen LogP contribution is 2.21. The number of sulfonamides is 1. The van der Waals surface area contributed by atoms with Gasteiger partial charge in [0.15, 0.2) is 0 Å². The standard InChI is InChI=1S/C27H29NO6S/c1-20-9-14-25(15-10-20)35(32,33)28-23-7-4-5-21(19-23)11-13-24(29)17-18-34-26-8-3-2-6-22(26)12-16-27(30)31/h2-11,13-15,19,24,28-29H,12,16-18H2,1H3,(H,30,31)/b13-11+. The number of hydrogen-bond acceptors (Lipinski definition) is 5. The molecule has 3 N–H and O–H groups in total. The van der Waals surface area contributed by atoms with Crippen molar-refractivity contribution in [2.45, 2.75) is 37.2 Å². The van der Waals surface area contributed by atoms with Gasteiger partial charge in [0.2, 0.25) is 0 Å². The van der Waals surface area contributed by atoms with Gasteiger partial charge in [-0.2, -0.15) is 0 Å². The number of aliphatic carboxylic acids is 1. The van der Waals surface area contributed by atoms with Crippen molar-refractivity contribution < 1.29 is 28.2 Å². The van der Waals surface area contributed by atoms with Crippen molar-refractivity contribution in [1.82, 2.24) is 0 Å². The van der Waals surface area contributed by atoms with Gasteiger partial charge >= 0.3 is 5.97 Å². The van der Waals surface area contributed by atoms with E-state index < -0.39 is 22.1 Å². The minimum absolute atomic E-state index is 0.0198. The van der Waals surface area contributed by atoms with Crippen LogP contribution in [0.4, 0.5) is 5.69 Å². The first-order valence-electron chi connectivity index (χ1n) is 11.2. The number of benzene rings is 3. The van der Waals surface area contributed by atoms with Crippen LogP contribution in [-0.2, 0) is 21.2 Å². The number of aryl methyl sites for hydroxylation is 2. The Morgan fingerprint density at radius 1 is 1.06 bits per heavy atom. The Bertz CT molecular complexity index is 1270. The van der Waals surface area contributed by atoms with Crippen LogP contribution in [0.3, 0.4) is 0 Å². The minimum atomic E-state index is -3.70. The normalized spacial score (nSPS) is 12.4. The van der Waals surface area contributed by atoms with E-state index in [-0.39, 0.29) is 17.9 Å². The molecule has 0 bridgehead atoms. The zero-order valence-electron chi connectivity index (χ0n) is 19.4. The molecule has 0 saturated carbocycles. The first-order valence-corrected chi connectivity index (χ1v) is 12.7. The lowest BCUT2D eigenvalue weighted by molar-refractivity contribution is -0.136. The van der Waals surface area contributed by atoms with Gasteiger partial charge in [0.1, 0.15) is 5.75 Å². The molecule has 0 fully saturated rings. The van der Waals surface area contributed by atoms with Gasteiger partial charge in [0, 0.05) is 18.5 Å². The molecular weight excluding hydrogens is 466 g/mol. The Kier molecular flexibility index (Phi) is 9.05. The Balaban J connectivity index is 1.54. The van der Waals surface area contributed by atoms with Crippen molar-refractivity contribution in [2.24, 2.45) is 0 Å². The predicted octanol–water partition coefficient (Wildman–Crippen LogP) is 4.66. The average molecular weight is 496 g/mol. The average Bonchev–Trinajstić information content (AvgIpc) is 2.82. The quantitative estimate of drug-likeness (QED) is 0.337. The summed E-state index contributed by atoms with van der Waals surface area (Å²) in [5.74, 6) is -0.258. The van der Waals surface area contributed by atoms with E-state index in [4.69, 9.17) is 9.84 Å². The van der Waals surface area contributed by atoms with Crippen molar-refractivity contribution in [2.75, 3.05) is 11.3 Å². The third-order valence-corrected chi connectivity index (χ3v) is 6.63. The summed E-state index contributed by atoms with van der Waals surface area (Å²) >= 11 is 0. The summed E-state index contributed by atoms with van der Waals surface area (Å²) in [7, 11) is -3.70. The Labute approximate surface area is 205 Å². The fraction of sp³-hybridized carbons (Fsp3) is 0.222. The van der Waals surface area contributed by atoms with Gasteiger partial charge in [0.05, 0.1) is 17.6 Å². The van der Waals surface area contributed by atoms with Gasteiger partial charge in [0.25, 0.3) is 10.0 Å². The highest BCUT2D eigenvalue weighted by Gasteiger charge is 2.14. The zero-order chi connectivity index (χ0) is 25.3. The molecule has 0 aliphatic carbocycles. The minimum Gasteiger partial charge on any atom is -0.493 e. The van der Waals surface area contributed by atoms with E-state index in [2.05, 4.69) is 4.72 Å². The molecule has 1 atom stereocenters. The van der Waals surface area contributed by atoms with Crippen LogP contribution in [0, 0.1) is 6.92 Å². The second-order valence-electron chi connectivity index (χ2n) is 8.11. The van der Waals surface area contributed by atoms with Gasteiger partial charge in [-0.25, -0.2) is 8.42 Å². The van der Waals surface area contributed by atoms with Gasteiger partial charge in [-0.15, -0.1) is 0 Å². The number of ether oxygens (including phenoxy) is 1. The number of carboxylic acids is 1. The first kappa shape index (κ1) is 26.0. The van der Waals surface area contributed by atoms with Crippen LogP contribution in [0.2, 0.25) is 0 Å². The van der Waals surface area contributed by atoms with Gasteiger partial charge in [-0.1, -0.05) is 60.2 Å². The number of aliphatic hydroxyl groups excluding tert-OH is 1. The van der Waals surface area contributed by atoms with E-state index >= 15 is 0 Å². The smallest absolute Gasteiger partial charge is 0.303 e. The summed E-state index contributed by atoms with van der Waals surface area (Å²) in [4.78, 5) is 11.0. The van der Waals surface area contributed by atoms with Crippen molar-refractivity contribution in [3.8, 4) is 5.75 Å². The molecule has 0 saturated heterocycles. The summed E-state index contributed by atoms with van der Waals surface area (Å²) in [6.45, 7) is 2.15. The zero-order valence-corrected chi connectivity index (χ0v) is 20.2. The second-order valence-corrected chi connectivity index (χ2v) is 9.79. The number of hydrogen-bond donors (Lipinski definition) is 3. The fourth-order valence-corrected chi connectivity index (χ4v) is 4.39. The summed E-state index contributed by atoms with van der Waals surface area (Å²) in [6.07, 6.45) is 3.30. The number of carbonyl (C=O) groups is 1. The molecule has 35 heavy (non-hydrogen) atoms. The second kappa shape index (κ2) is 12.2. The number of anilines is 1. The van der Waals surface area contributed by atoms with E-state index in [0.29, 0.717) is 24.3 Å². The third-order valence-electron chi connectivity index (χ3n) is 5.23. The Hall–Kier alpha value is -3.62. The largest absolute Gasteiger partial charge is 0.493 e. The fourth-order valence-electron chi connectivity index (χ4n) is 3.34. The number of carboxylic acid groups (broad SMARTS) is 1. The van der Waals surface area contributed by atoms with E-state index in [1.807, 2.05) is 31.2 Å². The lowest BCUT2D eigenvalue weighted by Gasteiger charge is -2.12. The molecule has 3 aromatic rings. The molecule has 1 unspecified atom stereocenters. The molecule has 0 aliphatic rings. The number of nitrogens with one attached hydrogen (secondary N) is 1. The van der Waals surface area contributed by atoms with Crippen LogP contribution >= 0.6 is 0 Å². The molecule has 0 aliphatic heterocycles. The molecule has 0 radical (unpaired) electrons. The molecule has 0 aromatic heterocycles. The summed E-state index contributed by atoms with van der Waals surface area (Å²) in [6, 6.07) is 20.7. The van der Waals surface area contributed by atoms with E-state index in [9.17, 15) is 18.3 Å². The summed E-state index contributed by atoms with van der Waals surface area (Å²) < 4.78 is 33.6. The molecule has 184 valence electrons. The third kappa shape index (κ3) is 8.27. The van der Waals surface area contributed by atoms with E-state index in [1.54, 1.807) is 60.7 Å². The first-order chi connectivity index (χ1) is 16.7. The number of aliphatic hydroxyl groups is 1. The molecule has 0 heterocycles. The van der Waals surface area contributed by atoms with Crippen molar-refractivity contribution in [3.05, 3.63) is 95.6 Å². The van der Waals surface area contributed by atoms with Gasteiger partial charge in [-0.05, 0) is 54.8 Å². The molecular formula is C27H29NO6S. The molecule has 0 amide bonds. The van der Waals surface area contributed by atoms with Crippen LogP contribution in [0.1, 0.15) is 29.5 Å². The molecule has 3 rings (SSSR count). The Morgan fingerprint density at radius 3 is 2.54 bits per heavy atom. The van der Waals surface area contributed by atoms with Crippen LogP contribution in [0.15, 0.2) is 83.8 Å². The van der Waals surface area contributed by atoms with Gasteiger partial charge < -0.3 is 14.9 Å². The maximum atomic E-state index is 12.6. The van der Waals surface area contributed by atoms with Crippen molar-refractivity contribution >= 4 is 27.8 Å². The topological polar surface area (TPSA) is 113 Å². The Morgan fingerprint density at radius 2 is 1.80 bits per heavy atom. The number of para-hydroxylation sites is 1. The van der Waals surface area contributed by atoms with Crippen LogP contribution < -0.4 is 9.46 Å². The summed E-state index contributed by atoms with van der Waals surface area (Å²) in [5, 5.41) is 19.2. The highest BCUT2D eigenvalue weighted by molar-refractivity contribution is 7.92. The van der Waals surface area contributed by atoms with Crippen LogP contribution in [0.5, 0.6) is 5.75 Å². The number of rotatable bonds is 12. The predicted molar refractivity (Wildman–Crippen MR) is 136 cm³/mol. The van der Waals surface area contributed by atoms with Crippen molar-refractivity contribution in [1.29, 1.82) is 0 Å². The monoisotopic (exact) mass is 495 g/mol. The maximum Gasteiger partial charge on any atom is 0.303 e. The van der Waals surface area contributed by atoms with Crippen LogP contribution in [-0.4, -0.2) is 37.3 Å².